The van der Waals surface area contributed by atoms with Crippen molar-refractivity contribution in [3.05, 3.63) is 59.1 Å². The highest BCUT2D eigenvalue weighted by atomic mass is 35.5. The molecular weight excluding hydrogens is 262 g/mol. The summed E-state index contributed by atoms with van der Waals surface area (Å²) in [7, 11) is 1.71. The number of carbonyl (C=O) groups is 1. The lowest BCUT2D eigenvalue weighted by Crippen LogP contribution is -2.27. The summed E-state index contributed by atoms with van der Waals surface area (Å²) in [5.41, 5.74) is 1.62. The molecule has 2 rings (SSSR count). The molecule has 2 aromatic rings. The number of aromatic hydroxyl groups is 1. The summed E-state index contributed by atoms with van der Waals surface area (Å²) in [6.07, 6.45) is 0.290. The highest BCUT2D eigenvalue weighted by molar-refractivity contribution is 6.30. The number of likely N-dealkylation sites (N-methyl/N-ethyl adjacent to an activating group) is 1. The van der Waals surface area contributed by atoms with Crippen molar-refractivity contribution in [3.8, 4) is 5.75 Å². The number of phenolic OH excluding ortho intramolecular Hbond substituents is 1. The predicted octanol–water partition coefficient (Wildman–Crippen LogP) is 3.25. The van der Waals surface area contributed by atoms with Gasteiger partial charge in [-0.2, -0.15) is 0 Å². The van der Waals surface area contributed by atoms with E-state index in [0.29, 0.717) is 5.02 Å². The van der Waals surface area contributed by atoms with E-state index in [1.165, 1.54) is 0 Å². The molecule has 3 nitrogen and oxygen atoms in total. The van der Waals surface area contributed by atoms with Crippen LogP contribution in [0.25, 0.3) is 0 Å². The molecule has 0 saturated carbocycles. The number of carbonyl (C=O) groups excluding carboxylic acids is 1. The number of anilines is 1. The predicted molar refractivity (Wildman–Crippen MR) is 76.7 cm³/mol. The van der Waals surface area contributed by atoms with E-state index in [-0.39, 0.29) is 18.1 Å². The second kappa shape index (κ2) is 5.76. The van der Waals surface area contributed by atoms with Crippen LogP contribution in [0.3, 0.4) is 0 Å². The average Bonchev–Trinajstić information content (AvgIpc) is 2.39. The van der Waals surface area contributed by atoms with Gasteiger partial charge in [0.15, 0.2) is 0 Å². The van der Waals surface area contributed by atoms with Crippen molar-refractivity contribution in [2.75, 3.05) is 11.9 Å². The molecule has 0 unspecified atom stereocenters. The van der Waals surface area contributed by atoms with Crippen molar-refractivity contribution in [3.63, 3.8) is 0 Å². The summed E-state index contributed by atoms with van der Waals surface area (Å²) in [5, 5.41) is 9.85. The van der Waals surface area contributed by atoms with Gasteiger partial charge in [-0.25, -0.2) is 0 Å². The number of rotatable bonds is 3. The van der Waals surface area contributed by atoms with Crippen LogP contribution >= 0.6 is 11.6 Å². The Bertz CT molecular complexity index is 581. The number of amides is 1. The quantitative estimate of drug-likeness (QED) is 0.934. The van der Waals surface area contributed by atoms with E-state index < -0.39 is 0 Å². The molecule has 19 heavy (non-hydrogen) atoms. The second-order valence-electron chi connectivity index (χ2n) is 4.28. The highest BCUT2D eigenvalue weighted by Crippen LogP contribution is 2.18. The van der Waals surface area contributed by atoms with Gasteiger partial charge in [0, 0.05) is 17.8 Å². The molecule has 0 aliphatic carbocycles. The molecule has 0 heterocycles. The molecule has 0 radical (unpaired) electrons. The summed E-state index contributed by atoms with van der Waals surface area (Å²) >= 11 is 5.89. The van der Waals surface area contributed by atoms with Gasteiger partial charge in [-0.15, -0.1) is 0 Å². The van der Waals surface area contributed by atoms with Crippen LogP contribution < -0.4 is 4.90 Å². The lowest BCUT2D eigenvalue weighted by atomic mass is 10.1. The van der Waals surface area contributed by atoms with E-state index in [0.717, 1.165) is 11.3 Å². The second-order valence-corrected chi connectivity index (χ2v) is 4.71. The van der Waals surface area contributed by atoms with Crippen LogP contribution in [-0.4, -0.2) is 18.1 Å². The Morgan fingerprint density at radius 1 is 1.21 bits per heavy atom. The minimum atomic E-state index is -0.0343. The zero-order valence-electron chi connectivity index (χ0n) is 10.5. The number of hydrogen-bond donors (Lipinski definition) is 1. The van der Waals surface area contributed by atoms with Gasteiger partial charge >= 0.3 is 0 Å². The first-order valence-electron chi connectivity index (χ1n) is 5.86. The third kappa shape index (κ3) is 3.48. The van der Waals surface area contributed by atoms with Crippen molar-refractivity contribution in [1.29, 1.82) is 0 Å². The molecule has 0 aliphatic heterocycles. The van der Waals surface area contributed by atoms with Crippen molar-refractivity contribution >= 4 is 23.2 Å². The van der Waals surface area contributed by atoms with Crippen LogP contribution in [0, 0.1) is 0 Å². The maximum Gasteiger partial charge on any atom is 0.231 e. The van der Waals surface area contributed by atoms with E-state index in [9.17, 15) is 9.90 Å². The largest absolute Gasteiger partial charge is 0.508 e. The Hall–Kier alpha value is -2.00. The van der Waals surface area contributed by atoms with Gasteiger partial charge in [-0.05, 0) is 42.0 Å². The van der Waals surface area contributed by atoms with Gasteiger partial charge in [-0.3, -0.25) is 4.79 Å². The molecule has 0 aliphatic rings. The summed E-state index contributed by atoms with van der Waals surface area (Å²) in [6, 6.07) is 13.8. The van der Waals surface area contributed by atoms with Gasteiger partial charge in [0.25, 0.3) is 0 Å². The molecule has 0 fully saturated rings. The van der Waals surface area contributed by atoms with Crippen LogP contribution in [0.2, 0.25) is 5.02 Å². The Balaban J connectivity index is 2.09. The Morgan fingerprint density at radius 2 is 1.89 bits per heavy atom. The Labute approximate surface area is 117 Å². The first-order chi connectivity index (χ1) is 9.06. The van der Waals surface area contributed by atoms with Gasteiger partial charge < -0.3 is 10.0 Å². The van der Waals surface area contributed by atoms with Gasteiger partial charge in [0.2, 0.25) is 5.91 Å². The molecule has 0 bridgehead atoms. The maximum atomic E-state index is 12.1. The Kier molecular flexibility index (Phi) is 4.07. The van der Waals surface area contributed by atoms with Gasteiger partial charge in [-0.1, -0.05) is 23.7 Å². The lowest BCUT2D eigenvalue weighted by Gasteiger charge is -2.17. The van der Waals surface area contributed by atoms with Crippen LogP contribution in [-0.2, 0) is 11.2 Å². The molecule has 1 N–H and O–H groups in total. The van der Waals surface area contributed by atoms with Gasteiger partial charge in [0.1, 0.15) is 5.75 Å². The maximum absolute atomic E-state index is 12.1. The monoisotopic (exact) mass is 275 g/mol. The van der Waals surface area contributed by atoms with Crippen LogP contribution in [0.5, 0.6) is 5.75 Å². The van der Waals surface area contributed by atoms with Crippen molar-refractivity contribution in [1.82, 2.24) is 0 Å². The van der Waals surface area contributed by atoms with Crippen LogP contribution in [0.15, 0.2) is 48.5 Å². The van der Waals surface area contributed by atoms with Gasteiger partial charge in [0.05, 0.1) is 6.42 Å². The highest BCUT2D eigenvalue weighted by Gasteiger charge is 2.11. The molecular formula is C15H14ClNO2. The molecule has 1 amide bonds. The molecule has 0 atom stereocenters. The third-order valence-electron chi connectivity index (χ3n) is 2.86. The summed E-state index contributed by atoms with van der Waals surface area (Å²) in [6.45, 7) is 0. The SMILES string of the molecule is CN(C(=O)Cc1cccc(Cl)c1)c1ccc(O)cc1. The first kappa shape index (κ1) is 13.4. The smallest absolute Gasteiger partial charge is 0.231 e. The summed E-state index contributed by atoms with van der Waals surface area (Å²) in [5.74, 6) is 0.146. The fraction of sp³-hybridized carbons (Fsp3) is 0.133. The third-order valence-corrected chi connectivity index (χ3v) is 3.09. The number of hydrogen-bond acceptors (Lipinski definition) is 2. The lowest BCUT2D eigenvalue weighted by molar-refractivity contribution is -0.117. The number of nitrogens with zero attached hydrogens (tertiary/aromatic N) is 1. The molecule has 0 aromatic heterocycles. The van der Waals surface area contributed by atoms with E-state index in [4.69, 9.17) is 11.6 Å². The van der Waals surface area contributed by atoms with Crippen LogP contribution in [0.1, 0.15) is 5.56 Å². The average molecular weight is 276 g/mol. The molecule has 0 saturated heterocycles. The zero-order valence-corrected chi connectivity index (χ0v) is 11.3. The van der Waals surface area contributed by atoms with Crippen molar-refractivity contribution in [2.45, 2.75) is 6.42 Å². The summed E-state index contributed by atoms with van der Waals surface area (Å²) < 4.78 is 0. The summed E-state index contributed by atoms with van der Waals surface area (Å²) in [4.78, 5) is 13.7. The van der Waals surface area contributed by atoms with E-state index in [1.54, 1.807) is 48.3 Å². The van der Waals surface area contributed by atoms with Crippen molar-refractivity contribution < 1.29 is 9.90 Å². The zero-order chi connectivity index (χ0) is 13.8. The molecule has 98 valence electrons. The molecule has 0 spiro atoms. The topological polar surface area (TPSA) is 40.5 Å². The van der Waals surface area contributed by atoms with E-state index in [1.807, 2.05) is 12.1 Å². The fourth-order valence-electron chi connectivity index (χ4n) is 1.76. The van der Waals surface area contributed by atoms with E-state index in [2.05, 4.69) is 0 Å². The van der Waals surface area contributed by atoms with Crippen molar-refractivity contribution in [2.24, 2.45) is 0 Å². The number of benzene rings is 2. The van der Waals surface area contributed by atoms with Crippen LogP contribution in [0.4, 0.5) is 5.69 Å². The minimum absolute atomic E-state index is 0.0343. The molecule has 2 aromatic carbocycles. The number of halogens is 1. The van der Waals surface area contributed by atoms with E-state index >= 15 is 0 Å². The molecule has 4 heteroatoms. The standard InChI is InChI=1S/C15H14ClNO2/c1-17(13-5-7-14(18)8-6-13)15(19)10-11-3-2-4-12(16)9-11/h2-9,18H,10H2,1H3. The Morgan fingerprint density at radius 3 is 2.53 bits per heavy atom. The first-order valence-corrected chi connectivity index (χ1v) is 6.24. The minimum Gasteiger partial charge on any atom is -0.508 e. The fourth-order valence-corrected chi connectivity index (χ4v) is 1.97. The number of phenols is 1. The normalized spacial score (nSPS) is 10.2.